The van der Waals surface area contributed by atoms with E-state index >= 15 is 0 Å². The fraction of sp³-hybridized carbons (Fsp3) is 0.947. The lowest BCUT2D eigenvalue weighted by atomic mass is 10.0. The predicted molar refractivity (Wildman–Crippen MR) is 119 cm³/mol. The normalized spacial score (nSPS) is 21.0. The number of guanidine groups is 1. The molecule has 1 heterocycles. The van der Waals surface area contributed by atoms with Crippen molar-refractivity contribution in [1.82, 2.24) is 20.4 Å². The molecule has 25 heavy (non-hydrogen) atoms. The minimum absolute atomic E-state index is 0. The average Bonchev–Trinajstić information content (AvgIpc) is 3.01. The van der Waals surface area contributed by atoms with Gasteiger partial charge in [0.1, 0.15) is 0 Å². The van der Waals surface area contributed by atoms with Crippen LogP contribution in [0.4, 0.5) is 0 Å². The Morgan fingerprint density at radius 3 is 2.60 bits per heavy atom. The first-order valence-corrected chi connectivity index (χ1v) is 10.2. The second kappa shape index (κ2) is 14.0. The van der Waals surface area contributed by atoms with Crippen molar-refractivity contribution in [2.45, 2.75) is 51.9 Å². The molecule has 2 rings (SSSR count). The molecule has 0 bridgehead atoms. The quantitative estimate of drug-likeness (QED) is 0.251. The Morgan fingerprint density at radius 1 is 1.04 bits per heavy atom. The first-order valence-electron chi connectivity index (χ1n) is 10.2. The summed E-state index contributed by atoms with van der Waals surface area (Å²) in [5.74, 6) is 1.98. The molecule has 0 aromatic heterocycles. The highest BCUT2D eigenvalue weighted by Gasteiger charge is 2.14. The first kappa shape index (κ1) is 23.0. The third-order valence-electron chi connectivity index (χ3n) is 5.39. The monoisotopic (exact) mass is 465 g/mol. The Bertz CT molecular complexity index is 358. The molecule has 1 aliphatic carbocycles. The summed E-state index contributed by atoms with van der Waals surface area (Å²) in [6.45, 7) is 11.0. The minimum atomic E-state index is 0. The molecule has 2 fully saturated rings. The van der Waals surface area contributed by atoms with Crippen LogP contribution < -0.4 is 10.6 Å². The van der Waals surface area contributed by atoms with Gasteiger partial charge in [0.2, 0.25) is 0 Å². The van der Waals surface area contributed by atoms with E-state index in [0.29, 0.717) is 0 Å². The molecule has 1 saturated heterocycles. The molecular formula is C19H40IN5. The lowest BCUT2D eigenvalue weighted by Gasteiger charge is -2.21. The molecule has 2 N–H and O–H groups in total. The molecule has 1 saturated carbocycles. The van der Waals surface area contributed by atoms with Gasteiger partial charge < -0.3 is 20.4 Å². The van der Waals surface area contributed by atoms with Gasteiger partial charge in [-0.05, 0) is 52.2 Å². The van der Waals surface area contributed by atoms with Crippen LogP contribution in [0.3, 0.4) is 0 Å². The molecular weight excluding hydrogens is 425 g/mol. The Labute approximate surface area is 172 Å². The van der Waals surface area contributed by atoms with Gasteiger partial charge in [0, 0.05) is 39.3 Å². The Hall–Kier alpha value is -0.0800. The maximum atomic E-state index is 4.76. The van der Waals surface area contributed by atoms with E-state index in [0.717, 1.165) is 38.1 Å². The number of rotatable bonds is 8. The van der Waals surface area contributed by atoms with E-state index in [1.165, 1.54) is 71.1 Å². The van der Waals surface area contributed by atoms with E-state index < -0.39 is 0 Å². The van der Waals surface area contributed by atoms with Crippen LogP contribution in [0, 0.1) is 5.92 Å². The van der Waals surface area contributed by atoms with Gasteiger partial charge in [-0.15, -0.1) is 24.0 Å². The van der Waals surface area contributed by atoms with E-state index in [2.05, 4.69) is 34.4 Å². The summed E-state index contributed by atoms with van der Waals surface area (Å²) in [4.78, 5) is 9.76. The second-order valence-electron chi connectivity index (χ2n) is 7.48. The number of likely N-dealkylation sites (N-methyl/N-ethyl adjacent to an activating group) is 1. The van der Waals surface area contributed by atoms with Gasteiger partial charge in [-0.3, -0.25) is 4.99 Å². The highest BCUT2D eigenvalue weighted by atomic mass is 127. The van der Waals surface area contributed by atoms with Crippen LogP contribution >= 0.6 is 24.0 Å². The molecule has 0 amide bonds. The number of halogens is 1. The van der Waals surface area contributed by atoms with Crippen LogP contribution in [0.2, 0.25) is 0 Å². The Balaban J connectivity index is 0.00000312. The number of nitrogens with zero attached hydrogens (tertiary/aromatic N) is 3. The summed E-state index contributed by atoms with van der Waals surface area (Å²) in [6.07, 6.45) is 9.69. The average molecular weight is 465 g/mol. The summed E-state index contributed by atoms with van der Waals surface area (Å²) in [5, 5.41) is 6.89. The third-order valence-corrected chi connectivity index (χ3v) is 5.39. The van der Waals surface area contributed by atoms with Crippen molar-refractivity contribution in [2.24, 2.45) is 10.9 Å². The van der Waals surface area contributed by atoms with Crippen molar-refractivity contribution in [3.8, 4) is 0 Å². The number of hydrogen-bond acceptors (Lipinski definition) is 3. The molecule has 0 radical (unpaired) electrons. The molecule has 6 heteroatoms. The summed E-state index contributed by atoms with van der Waals surface area (Å²) in [7, 11) is 2.23. The van der Waals surface area contributed by atoms with Gasteiger partial charge in [-0.1, -0.05) is 25.7 Å². The van der Waals surface area contributed by atoms with Crippen molar-refractivity contribution >= 4 is 29.9 Å². The lowest BCUT2D eigenvalue weighted by molar-refractivity contribution is 0.280. The van der Waals surface area contributed by atoms with Gasteiger partial charge in [0.05, 0.1) is 0 Å². The summed E-state index contributed by atoms with van der Waals surface area (Å²) in [6, 6.07) is 0. The summed E-state index contributed by atoms with van der Waals surface area (Å²) in [5.41, 5.74) is 0. The van der Waals surface area contributed by atoms with Crippen LogP contribution in [0.1, 0.15) is 51.9 Å². The number of hydrogen-bond donors (Lipinski definition) is 2. The lowest BCUT2D eigenvalue weighted by Crippen LogP contribution is -2.42. The topological polar surface area (TPSA) is 42.9 Å². The van der Waals surface area contributed by atoms with Crippen molar-refractivity contribution in [3.63, 3.8) is 0 Å². The van der Waals surface area contributed by atoms with Gasteiger partial charge in [-0.25, -0.2) is 0 Å². The van der Waals surface area contributed by atoms with E-state index in [4.69, 9.17) is 4.99 Å². The van der Waals surface area contributed by atoms with Crippen LogP contribution in [-0.4, -0.2) is 75.2 Å². The van der Waals surface area contributed by atoms with E-state index in [1.807, 2.05) is 0 Å². The Kier molecular flexibility index (Phi) is 12.9. The second-order valence-corrected chi connectivity index (χ2v) is 7.48. The highest BCUT2D eigenvalue weighted by Crippen LogP contribution is 2.28. The molecule has 5 nitrogen and oxygen atoms in total. The zero-order chi connectivity index (χ0) is 17.0. The third kappa shape index (κ3) is 9.99. The van der Waals surface area contributed by atoms with Crippen molar-refractivity contribution in [2.75, 3.05) is 59.4 Å². The van der Waals surface area contributed by atoms with E-state index in [9.17, 15) is 0 Å². The maximum Gasteiger partial charge on any atom is 0.191 e. The van der Waals surface area contributed by atoms with Crippen LogP contribution in [0.15, 0.2) is 4.99 Å². The molecule has 0 aromatic carbocycles. The summed E-state index contributed by atoms with van der Waals surface area (Å²) < 4.78 is 0. The number of aliphatic imine (C=N–C) groups is 1. The zero-order valence-electron chi connectivity index (χ0n) is 16.4. The van der Waals surface area contributed by atoms with Crippen LogP contribution in [0.5, 0.6) is 0 Å². The summed E-state index contributed by atoms with van der Waals surface area (Å²) >= 11 is 0. The first-order chi connectivity index (χ1) is 11.8. The zero-order valence-corrected chi connectivity index (χ0v) is 18.8. The minimum Gasteiger partial charge on any atom is -0.357 e. The molecule has 0 spiro atoms. The molecule has 2 aliphatic rings. The van der Waals surface area contributed by atoms with Gasteiger partial charge >= 0.3 is 0 Å². The fourth-order valence-corrected chi connectivity index (χ4v) is 3.87. The Morgan fingerprint density at radius 2 is 1.84 bits per heavy atom. The molecule has 148 valence electrons. The number of nitrogens with one attached hydrogen (secondary N) is 2. The predicted octanol–water partition coefficient (Wildman–Crippen LogP) is 2.77. The standard InChI is InChI=1S/C19H39N5.HI/c1-3-20-19(21-11-6-10-18-8-4-5-9-18)22-12-15-24-14-7-13-23(2)16-17-24;/h18H,3-17H2,1-2H3,(H2,20,21,22);1H. The fourth-order valence-electron chi connectivity index (χ4n) is 3.87. The van der Waals surface area contributed by atoms with Gasteiger partial charge in [-0.2, -0.15) is 0 Å². The van der Waals surface area contributed by atoms with Crippen LogP contribution in [0.25, 0.3) is 0 Å². The molecule has 0 aromatic rings. The highest BCUT2D eigenvalue weighted by molar-refractivity contribution is 14.0. The van der Waals surface area contributed by atoms with Gasteiger partial charge in [0.15, 0.2) is 5.96 Å². The van der Waals surface area contributed by atoms with E-state index in [-0.39, 0.29) is 24.0 Å². The SMILES string of the molecule is CCNC(=NCCCC1CCCC1)NCCN1CCCN(C)CC1.I. The van der Waals surface area contributed by atoms with Crippen molar-refractivity contribution in [1.29, 1.82) is 0 Å². The van der Waals surface area contributed by atoms with Crippen LogP contribution in [-0.2, 0) is 0 Å². The van der Waals surface area contributed by atoms with Gasteiger partial charge in [0.25, 0.3) is 0 Å². The van der Waals surface area contributed by atoms with E-state index in [1.54, 1.807) is 0 Å². The molecule has 0 unspecified atom stereocenters. The molecule has 1 aliphatic heterocycles. The maximum absolute atomic E-state index is 4.76. The van der Waals surface area contributed by atoms with Crippen molar-refractivity contribution in [3.05, 3.63) is 0 Å². The smallest absolute Gasteiger partial charge is 0.191 e. The largest absolute Gasteiger partial charge is 0.357 e. The van der Waals surface area contributed by atoms with Crippen molar-refractivity contribution < 1.29 is 0 Å². The molecule has 0 atom stereocenters.